The van der Waals surface area contributed by atoms with Crippen molar-refractivity contribution in [2.45, 2.75) is 0 Å². The molecule has 0 aromatic rings. The maximum absolute atomic E-state index is 9.94. The molecule has 0 bridgehead atoms. The first-order chi connectivity index (χ1) is 4.59. The predicted octanol–water partition coefficient (Wildman–Crippen LogP) is -1.42. The summed E-state index contributed by atoms with van der Waals surface area (Å²) in [6.07, 6.45) is 0. The number of carbonyl (C=O) groups excluding carboxylic acids is 1. The zero-order valence-corrected chi connectivity index (χ0v) is 5.11. The van der Waals surface area contributed by atoms with Crippen LogP contribution in [0.3, 0.4) is 0 Å². The number of hydrogen-bond donors (Lipinski definition) is 3. The predicted molar refractivity (Wildman–Crippen MR) is 32.3 cm³/mol. The van der Waals surface area contributed by atoms with Gasteiger partial charge in [0.15, 0.2) is 0 Å². The van der Waals surface area contributed by atoms with E-state index in [2.05, 4.69) is 17.3 Å². The average Bonchev–Trinajstić information content (AvgIpc) is 1.88. The van der Waals surface area contributed by atoms with Gasteiger partial charge in [0.2, 0.25) is 0 Å². The van der Waals surface area contributed by atoms with Gasteiger partial charge in [-0.15, -0.1) is 0 Å². The lowest BCUT2D eigenvalue weighted by molar-refractivity contribution is -0.139. The molecule has 6 heteroatoms. The Kier molecular flexibility index (Phi) is 8.38. The highest BCUT2D eigenvalue weighted by Crippen LogP contribution is 1.75. The van der Waals surface area contributed by atoms with E-state index in [4.69, 9.17) is 15.6 Å². The fourth-order valence-electron chi connectivity index (χ4n) is 0.0757. The molecule has 0 aliphatic rings. The van der Waals surface area contributed by atoms with Crippen LogP contribution in [-0.4, -0.2) is 17.5 Å². The maximum Gasteiger partial charge on any atom is 0.372 e. The summed E-state index contributed by atoms with van der Waals surface area (Å²) in [4.78, 5) is 21.9. The summed E-state index contributed by atoms with van der Waals surface area (Å²) < 4.78 is 0. The number of carboxylic acid groups (broad SMARTS) is 1. The van der Waals surface area contributed by atoms with E-state index in [1.165, 1.54) is 0 Å². The standard InChI is InChI=1S/C3H6N2O2.CH2O2/c1-2(4)3(6)7-5;2-1-3/h1,4-5H2;1H,(H,2,3). The molecule has 0 aliphatic heterocycles. The van der Waals surface area contributed by atoms with Gasteiger partial charge in [0.25, 0.3) is 6.47 Å². The van der Waals surface area contributed by atoms with Crippen molar-refractivity contribution in [2.24, 2.45) is 11.6 Å². The molecule has 0 unspecified atom stereocenters. The van der Waals surface area contributed by atoms with E-state index in [0.717, 1.165) is 0 Å². The quantitative estimate of drug-likeness (QED) is 0.238. The van der Waals surface area contributed by atoms with Crippen LogP contribution in [0.1, 0.15) is 0 Å². The normalized spacial score (nSPS) is 6.50. The van der Waals surface area contributed by atoms with Crippen molar-refractivity contribution >= 4 is 12.4 Å². The second-order valence-electron chi connectivity index (χ2n) is 1.04. The van der Waals surface area contributed by atoms with Crippen molar-refractivity contribution < 1.29 is 19.5 Å². The lowest BCUT2D eigenvalue weighted by Gasteiger charge is -1.90. The van der Waals surface area contributed by atoms with E-state index in [9.17, 15) is 4.79 Å². The fourth-order valence-corrected chi connectivity index (χ4v) is 0.0757. The topological polar surface area (TPSA) is 116 Å². The summed E-state index contributed by atoms with van der Waals surface area (Å²) in [7, 11) is 0. The van der Waals surface area contributed by atoms with Crippen LogP contribution in [0.25, 0.3) is 0 Å². The number of nitrogens with two attached hydrogens (primary N) is 2. The number of carbonyl (C=O) groups is 2. The maximum atomic E-state index is 9.94. The molecule has 0 saturated carbocycles. The van der Waals surface area contributed by atoms with Gasteiger partial charge >= 0.3 is 5.97 Å². The van der Waals surface area contributed by atoms with Crippen molar-refractivity contribution in [1.82, 2.24) is 0 Å². The summed E-state index contributed by atoms with van der Waals surface area (Å²) in [5.41, 5.74) is 4.61. The SMILES string of the molecule is C=C(N)C(=O)ON.O=CO. The summed E-state index contributed by atoms with van der Waals surface area (Å²) in [6, 6.07) is 0. The van der Waals surface area contributed by atoms with E-state index in [0.29, 0.717) is 0 Å². The zero-order valence-electron chi connectivity index (χ0n) is 5.11. The van der Waals surface area contributed by atoms with Crippen LogP contribution in [0.15, 0.2) is 12.3 Å². The third-order valence-corrected chi connectivity index (χ3v) is 0.369. The molecule has 0 atom stereocenters. The highest BCUT2D eigenvalue weighted by Gasteiger charge is 1.97. The van der Waals surface area contributed by atoms with Crippen molar-refractivity contribution in [2.75, 3.05) is 0 Å². The van der Waals surface area contributed by atoms with Crippen molar-refractivity contribution in [1.29, 1.82) is 0 Å². The highest BCUT2D eigenvalue weighted by atomic mass is 16.7. The van der Waals surface area contributed by atoms with E-state index >= 15 is 0 Å². The van der Waals surface area contributed by atoms with Gasteiger partial charge in [-0.1, -0.05) is 6.58 Å². The molecular weight excluding hydrogens is 140 g/mol. The molecule has 0 radical (unpaired) electrons. The molecule has 0 rings (SSSR count). The third-order valence-electron chi connectivity index (χ3n) is 0.369. The summed E-state index contributed by atoms with van der Waals surface area (Å²) in [5.74, 6) is 3.59. The van der Waals surface area contributed by atoms with Gasteiger partial charge in [-0.2, -0.15) is 5.90 Å². The molecule has 0 fully saturated rings. The molecule has 58 valence electrons. The van der Waals surface area contributed by atoms with Gasteiger partial charge in [-0.05, 0) is 0 Å². The summed E-state index contributed by atoms with van der Waals surface area (Å²) >= 11 is 0. The Morgan fingerprint density at radius 1 is 1.70 bits per heavy atom. The van der Waals surface area contributed by atoms with Crippen LogP contribution < -0.4 is 11.6 Å². The molecule has 0 amide bonds. The first-order valence-corrected chi connectivity index (χ1v) is 2.03. The van der Waals surface area contributed by atoms with E-state index in [-0.39, 0.29) is 12.2 Å². The van der Waals surface area contributed by atoms with Crippen LogP contribution in [0.5, 0.6) is 0 Å². The Labute approximate surface area is 57.0 Å². The second-order valence-corrected chi connectivity index (χ2v) is 1.04. The molecule has 0 heterocycles. The molecule has 10 heavy (non-hydrogen) atoms. The summed E-state index contributed by atoms with van der Waals surface area (Å²) in [6.45, 7) is 2.80. The van der Waals surface area contributed by atoms with Gasteiger partial charge in [0.05, 0.1) is 0 Å². The Hall–Kier alpha value is -1.56. The van der Waals surface area contributed by atoms with Gasteiger partial charge in [-0.25, -0.2) is 4.79 Å². The lowest BCUT2D eigenvalue weighted by Crippen LogP contribution is -2.16. The fraction of sp³-hybridized carbons (Fsp3) is 0. The third kappa shape index (κ3) is 9.67. The smallest absolute Gasteiger partial charge is 0.372 e. The van der Waals surface area contributed by atoms with E-state index in [1.54, 1.807) is 0 Å². The molecule has 0 aliphatic carbocycles. The van der Waals surface area contributed by atoms with Crippen LogP contribution in [0, 0.1) is 0 Å². The van der Waals surface area contributed by atoms with Gasteiger partial charge in [-0.3, -0.25) is 4.79 Å². The van der Waals surface area contributed by atoms with E-state index in [1.807, 2.05) is 0 Å². The Balaban J connectivity index is 0. The monoisotopic (exact) mass is 148 g/mol. The van der Waals surface area contributed by atoms with Crippen LogP contribution >= 0.6 is 0 Å². The minimum absolute atomic E-state index is 0.192. The van der Waals surface area contributed by atoms with Crippen molar-refractivity contribution in [3.05, 3.63) is 12.3 Å². The van der Waals surface area contributed by atoms with Gasteiger partial charge in [0.1, 0.15) is 5.70 Å². The van der Waals surface area contributed by atoms with Crippen LogP contribution in [0.2, 0.25) is 0 Å². The Morgan fingerprint density at radius 3 is 2.00 bits per heavy atom. The number of rotatable bonds is 1. The van der Waals surface area contributed by atoms with Gasteiger partial charge in [0, 0.05) is 0 Å². The second kappa shape index (κ2) is 7.44. The molecule has 6 nitrogen and oxygen atoms in total. The first-order valence-electron chi connectivity index (χ1n) is 2.03. The minimum Gasteiger partial charge on any atom is -0.483 e. The number of hydrogen-bond acceptors (Lipinski definition) is 5. The largest absolute Gasteiger partial charge is 0.483 e. The Morgan fingerprint density at radius 2 is 2.00 bits per heavy atom. The molecule has 0 aromatic heterocycles. The molecule has 5 N–H and O–H groups in total. The van der Waals surface area contributed by atoms with E-state index < -0.39 is 5.97 Å². The zero-order chi connectivity index (χ0) is 8.57. The van der Waals surface area contributed by atoms with Crippen LogP contribution in [-0.2, 0) is 14.4 Å². The molecule has 0 spiro atoms. The van der Waals surface area contributed by atoms with Crippen LogP contribution in [0.4, 0.5) is 0 Å². The molecular formula is C4H8N2O4. The van der Waals surface area contributed by atoms with Crippen molar-refractivity contribution in [3.8, 4) is 0 Å². The molecule has 0 saturated heterocycles. The summed E-state index contributed by atoms with van der Waals surface area (Å²) in [5, 5.41) is 6.89. The van der Waals surface area contributed by atoms with Crippen molar-refractivity contribution in [3.63, 3.8) is 0 Å². The minimum atomic E-state index is -0.792. The Bertz CT molecular complexity index is 133. The van der Waals surface area contributed by atoms with Gasteiger partial charge < -0.3 is 15.7 Å². The lowest BCUT2D eigenvalue weighted by atomic mass is 10.5. The molecule has 0 aromatic carbocycles. The average molecular weight is 148 g/mol. The first kappa shape index (κ1) is 11.3. The highest BCUT2D eigenvalue weighted by molar-refractivity contribution is 5.86.